The van der Waals surface area contributed by atoms with Crippen LogP contribution in [0.25, 0.3) is 0 Å². The summed E-state index contributed by atoms with van der Waals surface area (Å²) in [6, 6.07) is 1.56. The average Bonchev–Trinajstić information content (AvgIpc) is 2.86. The molecule has 1 amide bonds. The second-order valence-corrected chi connectivity index (χ2v) is 4.57. The van der Waals surface area contributed by atoms with Crippen LogP contribution in [0.5, 0.6) is 11.5 Å². The minimum absolute atomic E-state index is 0.0722. The number of nitrogens with one attached hydrogen (secondary N) is 1. The third kappa shape index (κ3) is 1.78. The number of hydrogen-bond donors (Lipinski definition) is 2. The number of oxime groups is 1. The fraction of sp³-hybridized carbons (Fsp3) is 0.308. The zero-order chi connectivity index (χ0) is 14.3. The van der Waals surface area contributed by atoms with Gasteiger partial charge in [-0.05, 0) is 6.42 Å². The molecule has 0 aromatic heterocycles. The van der Waals surface area contributed by atoms with Crippen molar-refractivity contribution >= 4 is 23.1 Å². The number of benzene rings is 1. The molecule has 0 spiro atoms. The number of carbonyl (C=O) groups excluding carboxylic acids is 2. The molecule has 3 rings (SSSR count). The number of ketones is 1. The second-order valence-electron chi connectivity index (χ2n) is 4.57. The lowest BCUT2D eigenvalue weighted by Crippen LogP contribution is -2.25. The quantitative estimate of drug-likeness (QED) is 0.595. The van der Waals surface area contributed by atoms with Crippen LogP contribution >= 0.6 is 0 Å². The van der Waals surface area contributed by atoms with Gasteiger partial charge in [0.2, 0.25) is 18.5 Å². The van der Waals surface area contributed by atoms with E-state index in [0.717, 1.165) is 0 Å². The van der Waals surface area contributed by atoms with Gasteiger partial charge in [-0.15, -0.1) is 0 Å². The Labute approximate surface area is 114 Å². The Morgan fingerprint density at radius 1 is 1.40 bits per heavy atom. The molecular formula is C13H12N2O5. The summed E-state index contributed by atoms with van der Waals surface area (Å²) in [5.41, 5.74) is 1.41. The molecule has 2 N–H and O–H groups in total. The van der Waals surface area contributed by atoms with Crippen LogP contribution in [0.4, 0.5) is 5.69 Å². The second kappa shape index (κ2) is 4.52. The SMILES string of the molecule is CC(=O)Nc1cc2c(c3c1C(=O)C(=NO)CC3)OCO2. The van der Waals surface area contributed by atoms with Crippen molar-refractivity contribution in [3.8, 4) is 11.5 Å². The van der Waals surface area contributed by atoms with E-state index in [9.17, 15) is 9.59 Å². The Bertz CT molecular complexity index is 651. The number of ether oxygens (including phenoxy) is 2. The summed E-state index contributed by atoms with van der Waals surface area (Å²) in [6.07, 6.45) is 0.807. The highest BCUT2D eigenvalue weighted by molar-refractivity contribution is 6.48. The van der Waals surface area contributed by atoms with Gasteiger partial charge in [0.15, 0.2) is 11.5 Å². The van der Waals surface area contributed by atoms with Crippen molar-refractivity contribution in [1.29, 1.82) is 0 Å². The van der Waals surface area contributed by atoms with Gasteiger partial charge in [-0.2, -0.15) is 0 Å². The molecule has 1 aliphatic carbocycles. The molecule has 1 heterocycles. The van der Waals surface area contributed by atoms with Crippen LogP contribution in [-0.2, 0) is 11.2 Å². The number of Topliss-reactive ketones (excluding diaryl/α,β-unsaturated/α-hetero) is 1. The van der Waals surface area contributed by atoms with Crippen LogP contribution in [0.15, 0.2) is 11.2 Å². The van der Waals surface area contributed by atoms with Crippen molar-refractivity contribution in [1.82, 2.24) is 0 Å². The van der Waals surface area contributed by atoms with Crippen molar-refractivity contribution < 1.29 is 24.3 Å². The van der Waals surface area contributed by atoms with E-state index in [-0.39, 0.29) is 18.4 Å². The van der Waals surface area contributed by atoms with Crippen LogP contribution in [0.2, 0.25) is 0 Å². The predicted octanol–water partition coefficient (Wildman–Crippen LogP) is 1.33. The van der Waals surface area contributed by atoms with Gasteiger partial charge < -0.3 is 20.0 Å². The number of rotatable bonds is 1. The molecule has 0 bridgehead atoms. The fourth-order valence-electron chi connectivity index (χ4n) is 2.49. The lowest BCUT2D eigenvalue weighted by Gasteiger charge is -2.20. The third-order valence-electron chi connectivity index (χ3n) is 3.29. The summed E-state index contributed by atoms with van der Waals surface area (Å²) in [5, 5.41) is 14.5. The highest BCUT2D eigenvalue weighted by Gasteiger charge is 2.33. The first-order chi connectivity index (χ1) is 9.61. The molecule has 1 aromatic rings. The zero-order valence-electron chi connectivity index (χ0n) is 10.7. The summed E-state index contributed by atoms with van der Waals surface area (Å²) in [5.74, 6) is 0.326. The van der Waals surface area contributed by atoms with Gasteiger partial charge in [-0.3, -0.25) is 9.59 Å². The summed E-state index contributed by atoms with van der Waals surface area (Å²) in [4.78, 5) is 23.6. The lowest BCUT2D eigenvalue weighted by molar-refractivity contribution is -0.114. The fourth-order valence-corrected chi connectivity index (χ4v) is 2.49. The minimum atomic E-state index is -0.407. The number of carbonyl (C=O) groups is 2. The Morgan fingerprint density at radius 3 is 2.90 bits per heavy atom. The molecule has 1 aromatic carbocycles. The number of amides is 1. The van der Waals surface area contributed by atoms with Gasteiger partial charge in [0.05, 0.1) is 11.3 Å². The lowest BCUT2D eigenvalue weighted by atomic mass is 9.87. The molecule has 20 heavy (non-hydrogen) atoms. The largest absolute Gasteiger partial charge is 0.454 e. The summed E-state index contributed by atoms with van der Waals surface area (Å²) >= 11 is 0. The monoisotopic (exact) mass is 276 g/mol. The first-order valence-corrected chi connectivity index (χ1v) is 6.10. The van der Waals surface area contributed by atoms with E-state index in [4.69, 9.17) is 14.7 Å². The first-order valence-electron chi connectivity index (χ1n) is 6.10. The van der Waals surface area contributed by atoms with Crippen LogP contribution in [0.1, 0.15) is 29.3 Å². The van der Waals surface area contributed by atoms with Crippen LogP contribution in [-0.4, -0.2) is 29.4 Å². The van der Waals surface area contributed by atoms with Gasteiger partial charge in [-0.1, -0.05) is 5.16 Å². The van der Waals surface area contributed by atoms with Crippen LogP contribution in [0.3, 0.4) is 0 Å². The third-order valence-corrected chi connectivity index (χ3v) is 3.29. The molecule has 7 nitrogen and oxygen atoms in total. The van der Waals surface area contributed by atoms with Crippen LogP contribution < -0.4 is 14.8 Å². The maximum Gasteiger partial charge on any atom is 0.231 e. The maximum atomic E-state index is 12.3. The van der Waals surface area contributed by atoms with Gasteiger partial charge in [0, 0.05) is 25.0 Å². The van der Waals surface area contributed by atoms with Crippen molar-refractivity contribution in [2.45, 2.75) is 19.8 Å². The van der Waals surface area contributed by atoms with Crippen LogP contribution in [0, 0.1) is 0 Å². The van der Waals surface area contributed by atoms with E-state index in [0.29, 0.717) is 41.2 Å². The smallest absolute Gasteiger partial charge is 0.231 e. The van der Waals surface area contributed by atoms with E-state index in [1.807, 2.05) is 0 Å². The molecule has 0 atom stereocenters. The van der Waals surface area contributed by atoms with Gasteiger partial charge in [0.1, 0.15) is 5.71 Å². The maximum absolute atomic E-state index is 12.3. The molecule has 7 heteroatoms. The molecule has 2 aliphatic rings. The zero-order valence-corrected chi connectivity index (χ0v) is 10.7. The Kier molecular flexibility index (Phi) is 2.81. The van der Waals surface area contributed by atoms with E-state index in [1.165, 1.54) is 6.92 Å². The molecule has 0 saturated carbocycles. The van der Waals surface area contributed by atoms with Crippen molar-refractivity contribution in [2.24, 2.45) is 5.16 Å². The number of nitrogens with zero attached hydrogens (tertiary/aromatic N) is 1. The normalized spacial score (nSPS) is 18.1. The van der Waals surface area contributed by atoms with Crippen molar-refractivity contribution in [3.05, 3.63) is 17.2 Å². The predicted molar refractivity (Wildman–Crippen MR) is 68.7 cm³/mol. The number of hydrogen-bond acceptors (Lipinski definition) is 6. The topological polar surface area (TPSA) is 97.2 Å². The molecule has 0 unspecified atom stereocenters. The van der Waals surface area contributed by atoms with Gasteiger partial charge in [-0.25, -0.2) is 0 Å². The highest BCUT2D eigenvalue weighted by atomic mass is 16.7. The number of fused-ring (bicyclic) bond motifs is 3. The van der Waals surface area contributed by atoms with E-state index >= 15 is 0 Å². The Balaban J connectivity index is 2.21. The molecule has 104 valence electrons. The molecule has 0 saturated heterocycles. The molecular weight excluding hydrogens is 264 g/mol. The summed E-state index contributed by atoms with van der Waals surface area (Å²) in [7, 11) is 0. The van der Waals surface area contributed by atoms with E-state index < -0.39 is 5.78 Å². The molecule has 0 radical (unpaired) electrons. The first kappa shape index (κ1) is 12.5. The van der Waals surface area contributed by atoms with Crippen molar-refractivity contribution in [3.63, 3.8) is 0 Å². The van der Waals surface area contributed by atoms with Gasteiger partial charge in [0.25, 0.3) is 0 Å². The van der Waals surface area contributed by atoms with Crippen molar-refractivity contribution in [2.75, 3.05) is 12.1 Å². The Hall–Kier alpha value is -2.57. The average molecular weight is 276 g/mol. The van der Waals surface area contributed by atoms with E-state index in [2.05, 4.69) is 10.5 Å². The standard InChI is InChI=1S/C13H12N2O5/c1-6(16)14-9-4-10-13(20-5-19-10)7-2-3-8(15-18)12(17)11(7)9/h4,18H,2-3,5H2,1H3,(H,14,16). The van der Waals surface area contributed by atoms with E-state index in [1.54, 1.807) is 6.07 Å². The Morgan fingerprint density at radius 2 is 2.20 bits per heavy atom. The van der Waals surface area contributed by atoms with Gasteiger partial charge >= 0.3 is 0 Å². The summed E-state index contributed by atoms with van der Waals surface area (Å²) < 4.78 is 10.7. The highest BCUT2D eigenvalue weighted by Crippen LogP contribution is 2.44. The minimum Gasteiger partial charge on any atom is -0.454 e. The molecule has 1 aliphatic heterocycles. The number of anilines is 1. The molecule has 0 fully saturated rings. The summed E-state index contributed by atoms with van der Waals surface area (Å²) in [6.45, 7) is 1.44.